The van der Waals surface area contributed by atoms with Crippen molar-refractivity contribution in [2.45, 2.75) is 45.8 Å². The van der Waals surface area contributed by atoms with E-state index in [1.807, 2.05) is 0 Å². The van der Waals surface area contributed by atoms with E-state index in [-0.39, 0.29) is 0 Å². The number of hydrogen-bond acceptors (Lipinski definition) is 3. The third kappa shape index (κ3) is 4.80. The molecule has 1 aliphatic rings. The number of benzene rings is 1. The van der Waals surface area contributed by atoms with E-state index < -0.39 is 6.10 Å². The molecule has 1 aliphatic heterocycles. The first-order valence-electron chi connectivity index (χ1n) is 8.18. The van der Waals surface area contributed by atoms with E-state index in [0.29, 0.717) is 18.5 Å². The summed E-state index contributed by atoms with van der Waals surface area (Å²) in [7, 11) is 0. The molecule has 0 radical (unpaired) electrons. The van der Waals surface area contributed by atoms with Gasteiger partial charge in [-0.3, -0.25) is 4.90 Å². The van der Waals surface area contributed by atoms with Crippen LogP contribution in [-0.4, -0.2) is 42.4 Å². The topological polar surface area (TPSA) is 32.7 Å². The fourth-order valence-corrected chi connectivity index (χ4v) is 2.98. The van der Waals surface area contributed by atoms with E-state index >= 15 is 0 Å². The van der Waals surface area contributed by atoms with Gasteiger partial charge in [0, 0.05) is 19.1 Å². The zero-order chi connectivity index (χ0) is 15.2. The number of hydrogen-bond donors (Lipinski definition) is 1. The molecule has 0 saturated carbocycles. The number of aliphatic hydroxyl groups excluding tert-OH is 1. The number of nitrogens with zero attached hydrogens (tertiary/aromatic N) is 1. The van der Waals surface area contributed by atoms with E-state index in [9.17, 15) is 5.11 Å². The highest BCUT2D eigenvalue weighted by Crippen LogP contribution is 2.20. The summed E-state index contributed by atoms with van der Waals surface area (Å²) < 4.78 is 5.52. The minimum absolute atomic E-state index is 0.412. The Morgan fingerprint density at radius 1 is 1.29 bits per heavy atom. The number of β-amino-alcohol motifs (C(OH)–C–C–N with tert-alkyl or cyclic N) is 1. The molecular formula is C18H29NO2. The predicted molar refractivity (Wildman–Crippen MR) is 86.4 cm³/mol. The van der Waals surface area contributed by atoms with Crippen molar-refractivity contribution in [3.05, 3.63) is 35.4 Å². The third-order valence-electron chi connectivity index (χ3n) is 4.24. The van der Waals surface area contributed by atoms with Gasteiger partial charge in [-0.25, -0.2) is 0 Å². The van der Waals surface area contributed by atoms with E-state index in [1.54, 1.807) is 0 Å². The largest absolute Gasteiger partial charge is 0.387 e. The summed E-state index contributed by atoms with van der Waals surface area (Å²) in [5, 5.41) is 10.5. The highest BCUT2D eigenvalue weighted by molar-refractivity contribution is 5.24. The molecule has 3 nitrogen and oxygen atoms in total. The first-order chi connectivity index (χ1) is 10.1. The van der Waals surface area contributed by atoms with Crippen molar-refractivity contribution in [1.29, 1.82) is 0 Å². The lowest BCUT2D eigenvalue weighted by atomic mass is 10.00. The van der Waals surface area contributed by atoms with Gasteiger partial charge in [0.25, 0.3) is 0 Å². The van der Waals surface area contributed by atoms with Crippen LogP contribution in [0.15, 0.2) is 24.3 Å². The van der Waals surface area contributed by atoms with Crippen LogP contribution in [0, 0.1) is 5.92 Å². The molecule has 21 heavy (non-hydrogen) atoms. The number of ether oxygens (including phenoxy) is 1. The van der Waals surface area contributed by atoms with Gasteiger partial charge in [-0.1, -0.05) is 45.0 Å². The minimum Gasteiger partial charge on any atom is -0.387 e. The SMILES string of the molecule is CCC1COCCN1CC(O)c1ccc(CC(C)C)cc1. The second kappa shape index (κ2) is 7.92. The maximum absolute atomic E-state index is 10.5. The van der Waals surface area contributed by atoms with Gasteiger partial charge in [-0.2, -0.15) is 0 Å². The van der Waals surface area contributed by atoms with Gasteiger partial charge in [0.1, 0.15) is 0 Å². The summed E-state index contributed by atoms with van der Waals surface area (Å²) in [6, 6.07) is 8.88. The average Bonchev–Trinajstić information content (AvgIpc) is 2.48. The lowest BCUT2D eigenvalue weighted by Gasteiger charge is -2.36. The fourth-order valence-electron chi connectivity index (χ4n) is 2.98. The average molecular weight is 291 g/mol. The molecule has 1 aromatic rings. The quantitative estimate of drug-likeness (QED) is 0.874. The summed E-state index contributed by atoms with van der Waals surface area (Å²) >= 11 is 0. The standard InChI is InChI=1S/C18H29NO2/c1-4-17-13-21-10-9-19(17)12-18(20)16-7-5-15(6-8-16)11-14(2)3/h5-8,14,17-18,20H,4,9-13H2,1-3H3. The Balaban J connectivity index is 1.94. The smallest absolute Gasteiger partial charge is 0.0917 e. The summed E-state index contributed by atoms with van der Waals surface area (Å²) in [6.45, 7) is 9.82. The number of morpholine rings is 1. The molecule has 0 amide bonds. The Labute approximate surface area is 128 Å². The Hall–Kier alpha value is -0.900. The van der Waals surface area contributed by atoms with Crippen molar-refractivity contribution < 1.29 is 9.84 Å². The Kier molecular flexibility index (Phi) is 6.22. The molecule has 118 valence electrons. The molecule has 1 saturated heterocycles. The molecule has 0 aliphatic carbocycles. The lowest BCUT2D eigenvalue weighted by molar-refractivity contribution is -0.0277. The van der Waals surface area contributed by atoms with Crippen LogP contribution in [0.2, 0.25) is 0 Å². The Morgan fingerprint density at radius 2 is 2.00 bits per heavy atom. The van der Waals surface area contributed by atoms with Gasteiger partial charge in [0.15, 0.2) is 0 Å². The monoisotopic (exact) mass is 291 g/mol. The van der Waals surface area contributed by atoms with E-state index in [4.69, 9.17) is 4.74 Å². The van der Waals surface area contributed by atoms with Crippen molar-refractivity contribution >= 4 is 0 Å². The van der Waals surface area contributed by atoms with Crippen molar-refractivity contribution in [2.75, 3.05) is 26.3 Å². The second-order valence-corrected chi connectivity index (χ2v) is 6.49. The van der Waals surface area contributed by atoms with Crippen LogP contribution in [0.3, 0.4) is 0 Å². The predicted octanol–water partition coefficient (Wildman–Crippen LogP) is 3.03. The van der Waals surface area contributed by atoms with Gasteiger partial charge in [-0.05, 0) is 29.9 Å². The third-order valence-corrected chi connectivity index (χ3v) is 4.24. The van der Waals surface area contributed by atoms with Gasteiger partial charge >= 0.3 is 0 Å². The molecule has 2 rings (SSSR count). The Bertz CT molecular complexity index is 416. The van der Waals surface area contributed by atoms with Crippen LogP contribution in [-0.2, 0) is 11.2 Å². The molecular weight excluding hydrogens is 262 g/mol. The molecule has 0 spiro atoms. The summed E-state index contributed by atoms with van der Waals surface area (Å²) in [4.78, 5) is 2.36. The van der Waals surface area contributed by atoms with E-state index in [2.05, 4.69) is 49.9 Å². The van der Waals surface area contributed by atoms with Crippen molar-refractivity contribution in [2.24, 2.45) is 5.92 Å². The summed E-state index contributed by atoms with van der Waals surface area (Å²) in [6.07, 6.45) is 1.75. The molecule has 3 heteroatoms. The first kappa shape index (κ1) is 16.5. The number of rotatable bonds is 6. The number of aliphatic hydroxyl groups is 1. The van der Waals surface area contributed by atoms with Gasteiger partial charge in [0.05, 0.1) is 19.3 Å². The maximum Gasteiger partial charge on any atom is 0.0917 e. The highest BCUT2D eigenvalue weighted by Gasteiger charge is 2.23. The highest BCUT2D eigenvalue weighted by atomic mass is 16.5. The molecule has 1 heterocycles. The molecule has 2 atom stereocenters. The summed E-state index contributed by atoms with van der Waals surface area (Å²) in [5.41, 5.74) is 2.36. The molecule has 1 N–H and O–H groups in total. The van der Waals surface area contributed by atoms with Gasteiger partial charge in [-0.15, -0.1) is 0 Å². The van der Waals surface area contributed by atoms with Crippen LogP contribution < -0.4 is 0 Å². The molecule has 1 fully saturated rings. The van der Waals surface area contributed by atoms with E-state index in [1.165, 1.54) is 5.56 Å². The van der Waals surface area contributed by atoms with Crippen LogP contribution in [0.25, 0.3) is 0 Å². The normalized spacial score (nSPS) is 21.7. The molecule has 0 aromatic heterocycles. The molecule has 2 unspecified atom stereocenters. The van der Waals surface area contributed by atoms with Crippen molar-refractivity contribution in [1.82, 2.24) is 4.90 Å². The fraction of sp³-hybridized carbons (Fsp3) is 0.667. The molecule has 0 bridgehead atoms. The first-order valence-corrected chi connectivity index (χ1v) is 8.18. The Morgan fingerprint density at radius 3 is 2.62 bits per heavy atom. The van der Waals surface area contributed by atoms with Crippen molar-refractivity contribution in [3.8, 4) is 0 Å². The van der Waals surface area contributed by atoms with Gasteiger partial charge in [0.2, 0.25) is 0 Å². The zero-order valence-corrected chi connectivity index (χ0v) is 13.6. The second-order valence-electron chi connectivity index (χ2n) is 6.49. The van der Waals surface area contributed by atoms with Gasteiger partial charge < -0.3 is 9.84 Å². The van der Waals surface area contributed by atoms with Crippen molar-refractivity contribution in [3.63, 3.8) is 0 Å². The van der Waals surface area contributed by atoms with Crippen LogP contribution in [0.1, 0.15) is 44.4 Å². The molecule has 1 aromatic carbocycles. The maximum atomic E-state index is 10.5. The zero-order valence-electron chi connectivity index (χ0n) is 13.6. The summed E-state index contributed by atoms with van der Waals surface area (Å²) in [5.74, 6) is 0.666. The van der Waals surface area contributed by atoms with Crippen LogP contribution >= 0.6 is 0 Å². The van der Waals surface area contributed by atoms with Crippen LogP contribution in [0.5, 0.6) is 0 Å². The minimum atomic E-state index is -0.412. The van der Waals surface area contributed by atoms with E-state index in [0.717, 1.165) is 38.2 Å². The van der Waals surface area contributed by atoms with Crippen LogP contribution in [0.4, 0.5) is 0 Å². The lowest BCUT2D eigenvalue weighted by Crippen LogP contribution is -2.46.